The molecule has 1 saturated heterocycles. The van der Waals surface area contributed by atoms with Crippen molar-refractivity contribution in [3.05, 3.63) is 102 Å². The van der Waals surface area contributed by atoms with Gasteiger partial charge in [0.1, 0.15) is 0 Å². The monoisotopic (exact) mass is 413 g/mol. The van der Waals surface area contributed by atoms with E-state index in [0.717, 1.165) is 5.56 Å². The maximum Gasteiger partial charge on any atom is 0.313 e. The largest absolute Gasteiger partial charge is 0.332 e. The molecule has 3 aromatic rings. The Kier molecular flexibility index (Phi) is 6.43. The average Bonchev–Trinajstić information content (AvgIpc) is 2.82. The maximum absolute atomic E-state index is 12.7. The lowest BCUT2D eigenvalue weighted by Gasteiger charge is -2.39. The predicted octanol–water partition coefficient (Wildman–Crippen LogP) is 3.87. The number of nitrogens with zero attached hydrogens (tertiary/aromatic N) is 2. The molecule has 1 N–H and O–H groups in total. The van der Waals surface area contributed by atoms with Gasteiger partial charge in [-0.05, 0) is 29.7 Å². The van der Waals surface area contributed by atoms with Gasteiger partial charge in [-0.1, -0.05) is 78.9 Å². The molecule has 1 aliphatic heterocycles. The number of anilines is 1. The van der Waals surface area contributed by atoms with Gasteiger partial charge < -0.3 is 10.2 Å². The van der Waals surface area contributed by atoms with Crippen LogP contribution in [-0.2, 0) is 9.59 Å². The van der Waals surface area contributed by atoms with Crippen LogP contribution in [0, 0.1) is 6.92 Å². The maximum atomic E-state index is 12.7. The average molecular weight is 414 g/mol. The molecule has 1 fully saturated rings. The highest BCUT2D eigenvalue weighted by Gasteiger charge is 2.30. The number of hydrogen-bond acceptors (Lipinski definition) is 3. The molecule has 0 aliphatic carbocycles. The topological polar surface area (TPSA) is 52.7 Å². The summed E-state index contributed by atoms with van der Waals surface area (Å²) in [5.74, 6) is -1.05. The highest BCUT2D eigenvalue weighted by molar-refractivity contribution is 6.39. The lowest BCUT2D eigenvalue weighted by molar-refractivity contribution is -0.144. The highest BCUT2D eigenvalue weighted by Crippen LogP contribution is 2.29. The van der Waals surface area contributed by atoms with Crippen LogP contribution in [0.4, 0.5) is 5.69 Å². The van der Waals surface area contributed by atoms with Crippen LogP contribution < -0.4 is 5.32 Å². The molecule has 1 aliphatic rings. The highest BCUT2D eigenvalue weighted by atomic mass is 16.2. The smallest absolute Gasteiger partial charge is 0.313 e. The second-order valence-corrected chi connectivity index (χ2v) is 7.82. The molecule has 5 heteroatoms. The quantitative estimate of drug-likeness (QED) is 0.661. The summed E-state index contributed by atoms with van der Waals surface area (Å²) >= 11 is 0. The Hall–Kier alpha value is -3.44. The van der Waals surface area contributed by atoms with Crippen molar-refractivity contribution >= 4 is 17.5 Å². The van der Waals surface area contributed by atoms with E-state index in [0.29, 0.717) is 31.9 Å². The van der Waals surface area contributed by atoms with Crippen molar-refractivity contribution in [1.82, 2.24) is 9.80 Å². The van der Waals surface area contributed by atoms with Gasteiger partial charge >= 0.3 is 11.8 Å². The van der Waals surface area contributed by atoms with Crippen molar-refractivity contribution in [2.24, 2.45) is 0 Å². The van der Waals surface area contributed by atoms with E-state index in [1.54, 1.807) is 4.90 Å². The van der Waals surface area contributed by atoms with E-state index in [4.69, 9.17) is 0 Å². The van der Waals surface area contributed by atoms with E-state index in [1.165, 1.54) is 11.1 Å². The van der Waals surface area contributed by atoms with Crippen molar-refractivity contribution in [2.45, 2.75) is 13.0 Å². The van der Waals surface area contributed by atoms with Crippen molar-refractivity contribution in [3.8, 4) is 0 Å². The van der Waals surface area contributed by atoms with Gasteiger partial charge in [-0.3, -0.25) is 14.5 Å². The first-order valence-corrected chi connectivity index (χ1v) is 10.6. The predicted molar refractivity (Wildman–Crippen MR) is 123 cm³/mol. The molecule has 0 atom stereocenters. The Labute approximate surface area is 183 Å². The van der Waals surface area contributed by atoms with E-state index in [-0.39, 0.29) is 6.04 Å². The van der Waals surface area contributed by atoms with E-state index in [2.05, 4.69) is 58.7 Å². The zero-order valence-electron chi connectivity index (χ0n) is 17.7. The third kappa shape index (κ3) is 4.84. The second kappa shape index (κ2) is 9.58. The fourth-order valence-electron chi connectivity index (χ4n) is 4.10. The number of rotatable bonds is 4. The molecular formula is C26H27N3O2. The number of piperazine rings is 1. The van der Waals surface area contributed by atoms with Crippen LogP contribution >= 0.6 is 0 Å². The summed E-state index contributed by atoms with van der Waals surface area (Å²) in [4.78, 5) is 29.3. The minimum absolute atomic E-state index is 0.125. The second-order valence-electron chi connectivity index (χ2n) is 7.82. The van der Waals surface area contributed by atoms with Gasteiger partial charge in [0.05, 0.1) is 6.04 Å². The Morgan fingerprint density at radius 1 is 0.742 bits per heavy atom. The summed E-state index contributed by atoms with van der Waals surface area (Å²) in [7, 11) is 0. The Morgan fingerprint density at radius 2 is 1.26 bits per heavy atom. The summed E-state index contributed by atoms with van der Waals surface area (Å²) in [5, 5.41) is 2.75. The number of amides is 2. The summed E-state index contributed by atoms with van der Waals surface area (Å²) in [6.07, 6.45) is 0. The van der Waals surface area contributed by atoms with Crippen LogP contribution in [0.5, 0.6) is 0 Å². The minimum atomic E-state index is -0.578. The van der Waals surface area contributed by atoms with Gasteiger partial charge in [0.2, 0.25) is 0 Å². The first-order chi connectivity index (χ1) is 15.1. The molecule has 31 heavy (non-hydrogen) atoms. The van der Waals surface area contributed by atoms with Crippen molar-refractivity contribution in [3.63, 3.8) is 0 Å². The van der Waals surface area contributed by atoms with E-state index in [9.17, 15) is 9.59 Å². The number of aryl methyl sites for hydroxylation is 1. The number of nitrogens with one attached hydrogen (secondary N) is 1. The third-order valence-electron chi connectivity index (χ3n) is 5.78. The van der Waals surface area contributed by atoms with Crippen LogP contribution in [-0.4, -0.2) is 47.8 Å². The lowest BCUT2D eigenvalue weighted by Crippen LogP contribution is -2.52. The van der Waals surface area contributed by atoms with Gasteiger partial charge in [-0.25, -0.2) is 0 Å². The van der Waals surface area contributed by atoms with E-state index >= 15 is 0 Å². The number of hydrogen-bond donors (Lipinski definition) is 1. The number of carbonyl (C=O) groups excluding carboxylic acids is 2. The minimum Gasteiger partial charge on any atom is -0.332 e. The Bertz CT molecular complexity index is 989. The molecule has 1 heterocycles. The molecule has 5 nitrogen and oxygen atoms in total. The van der Waals surface area contributed by atoms with Gasteiger partial charge in [-0.15, -0.1) is 0 Å². The molecule has 0 unspecified atom stereocenters. The molecule has 0 aromatic heterocycles. The number of benzene rings is 3. The molecule has 0 saturated carbocycles. The standard InChI is InChI=1S/C26H27N3O2/c1-20-10-8-9-15-23(20)27-25(30)26(31)29-18-16-28(17-19-29)24(21-11-4-2-5-12-21)22-13-6-3-7-14-22/h2-15,24H,16-19H2,1H3,(H,27,30). The molecular weight excluding hydrogens is 386 g/mol. The van der Waals surface area contributed by atoms with Crippen molar-refractivity contribution in [1.29, 1.82) is 0 Å². The zero-order chi connectivity index (χ0) is 21.6. The van der Waals surface area contributed by atoms with Crippen molar-refractivity contribution < 1.29 is 9.59 Å². The first-order valence-electron chi connectivity index (χ1n) is 10.6. The zero-order valence-corrected chi connectivity index (χ0v) is 17.7. The van der Waals surface area contributed by atoms with Crippen LogP contribution in [0.3, 0.4) is 0 Å². The molecule has 4 rings (SSSR count). The van der Waals surface area contributed by atoms with Crippen LogP contribution in [0.1, 0.15) is 22.7 Å². The first kappa shape index (κ1) is 20.8. The fraction of sp³-hybridized carbons (Fsp3) is 0.231. The van der Waals surface area contributed by atoms with Gasteiger partial charge in [0, 0.05) is 31.9 Å². The third-order valence-corrected chi connectivity index (χ3v) is 5.78. The van der Waals surface area contributed by atoms with Crippen LogP contribution in [0.25, 0.3) is 0 Å². The van der Waals surface area contributed by atoms with Crippen molar-refractivity contribution in [2.75, 3.05) is 31.5 Å². The van der Waals surface area contributed by atoms with Crippen LogP contribution in [0.15, 0.2) is 84.9 Å². The SMILES string of the molecule is Cc1ccccc1NC(=O)C(=O)N1CCN(C(c2ccccc2)c2ccccc2)CC1. The molecule has 0 radical (unpaired) electrons. The normalized spacial score (nSPS) is 14.5. The molecule has 158 valence electrons. The summed E-state index contributed by atoms with van der Waals surface area (Å²) in [6, 6.07) is 28.4. The Balaban J connectivity index is 1.43. The van der Waals surface area contributed by atoms with E-state index < -0.39 is 11.8 Å². The fourth-order valence-corrected chi connectivity index (χ4v) is 4.10. The summed E-state index contributed by atoms with van der Waals surface area (Å²) < 4.78 is 0. The van der Waals surface area contributed by atoms with Gasteiger partial charge in [0.15, 0.2) is 0 Å². The molecule has 2 amide bonds. The molecule has 0 bridgehead atoms. The van der Waals surface area contributed by atoms with Gasteiger partial charge in [-0.2, -0.15) is 0 Å². The number of para-hydroxylation sites is 1. The summed E-state index contributed by atoms with van der Waals surface area (Å²) in [6.45, 7) is 4.37. The van der Waals surface area contributed by atoms with Gasteiger partial charge in [0.25, 0.3) is 0 Å². The lowest BCUT2D eigenvalue weighted by atomic mass is 9.96. The Morgan fingerprint density at radius 3 is 1.81 bits per heavy atom. The van der Waals surface area contributed by atoms with E-state index in [1.807, 2.05) is 43.3 Å². The number of carbonyl (C=O) groups is 2. The van der Waals surface area contributed by atoms with Crippen LogP contribution in [0.2, 0.25) is 0 Å². The summed E-state index contributed by atoms with van der Waals surface area (Å²) in [5.41, 5.74) is 4.06. The molecule has 3 aromatic carbocycles. The molecule has 0 spiro atoms.